The van der Waals surface area contributed by atoms with Crippen LogP contribution in [0.25, 0.3) is 0 Å². The minimum absolute atomic E-state index is 0.159. The number of hydrogen-bond acceptors (Lipinski definition) is 6. The van der Waals surface area contributed by atoms with Gasteiger partial charge in [0, 0.05) is 24.2 Å². The largest absolute Gasteiger partial charge is 0.324 e. The summed E-state index contributed by atoms with van der Waals surface area (Å²) in [5.41, 5.74) is 4.05. The molecule has 0 fully saturated rings. The van der Waals surface area contributed by atoms with Crippen LogP contribution in [-0.4, -0.2) is 15.0 Å². The molecule has 0 unspecified atom stereocenters. The molecule has 2 aromatic heterocycles. The van der Waals surface area contributed by atoms with E-state index < -0.39 is 0 Å². The Balaban J connectivity index is 2.04. The molecule has 0 saturated heterocycles. The van der Waals surface area contributed by atoms with Gasteiger partial charge in [-0.25, -0.2) is 4.98 Å². The Hall–Kier alpha value is -1.86. The average Bonchev–Trinajstić information content (AvgIpc) is 2.37. The minimum atomic E-state index is -0.159. The van der Waals surface area contributed by atoms with Gasteiger partial charge in [-0.1, -0.05) is 11.8 Å². The lowest BCUT2D eigenvalue weighted by Crippen LogP contribution is -2.07. The minimum Gasteiger partial charge on any atom is -0.324 e. The van der Waals surface area contributed by atoms with Crippen LogP contribution in [0.5, 0.6) is 0 Å². The van der Waals surface area contributed by atoms with Crippen LogP contribution in [0.1, 0.15) is 5.69 Å². The number of aromatic nitrogens is 3. The van der Waals surface area contributed by atoms with Gasteiger partial charge in [-0.15, -0.1) is 0 Å². The van der Waals surface area contributed by atoms with E-state index in [4.69, 9.17) is 5.84 Å². The first-order chi connectivity index (χ1) is 8.28. The van der Waals surface area contributed by atoms with Crippen molar-refractivity contribution in [1.29, 1.82) is 0 Å². The number of nitrogens with two attached hydrogens (primary N) is 1. The zero-order chi connectivity index (χ0) is 12.1. The number of hydrogen-bond donors (Lipinski definition) is 3. The third kappa shape index (κ3) is 3.30. The maximum Gasteiger partial charge on any atom is 0.251 e. The summed E-state index contributed by atoms with van der Waals surface area (Å²) in [4.78, 5) is 21.9. The number of anilines is 1. The van der Waals surface area contributed by atoms with Crippen molar-refractivity contribution in [2.24, 2.45) is 5.84 Å². The van der Waals surface area contributed by atoms with Crippen LogP contribution in [0.2, 0.25) is 0 Å². The first kappa shape index (κ1) is 11.6. The summed E-state index contributed by atoms with van der Waals surface area (Å²) in [6.45, 7) is 0. The zero-order valence-corrected chi connectivity index (χ0v) is 9.70. The molecule has 0 aliphatic heterocycles. The number of H-pyrrole nitrogens is 1. The van der Waals surface area contributed by atoms with Gasteiger partial charge in [0.15, 0.2) is 5.16 Å². The van der Waals surface area contributed by atoms with Crippen molar-refractivity contribution in [3.05, 3.63) is 46.6 Å². The monoisotopic (exact) mass is 249 g/mol. The van der Waals surface area contributed by atoms with Crippen LogP contribution in [0.15, 0.2) is 40.5 Å². The molecule has 2 heterocycles. The maximum absolute atomic E-state index is 11.1. The van der Waals surface area contributed by atoms with Crippen LogP contribution in [0, 0.1) is 0 Å². The normalized spacial score (nSPS) is 10.2. The van der Waals surface area contributed by atoms with Crippen LogP contribution in [-0.2, 0) is 5.75 Å². The van der Waals surface area contributed by atoms with Gasteiger partial charge in [0.25, 0.3) is 5.56 Å². The summed E-state index contributed by atoms with van der Waals surface area (Å²) in [7, 11) is 0. The second kappa shape index (κ2) is 5.46. The summed E-state index contributed by atoms with van der Waals surface area (Å²) < 4.78 is 0. The number of nitrogens with zero attached hydrogens (tertiary/aromatic N) is 2. The van der Waals surface area contributed by atoms with E-state index in [1.807, 2.05) is 6.07 Å². The fourth-order valence-corrected chi connectivity index (χ4v) is 1.97. The van der Waals surface area contributed by atoms with Gasteiger partial charge in [-0.3, -0.25) is 15.6 Å². The molecule has 0 aromatic carbocycles. The standard InChI is InChI=1S/C10H11N5OS/c11-15-7-1-3-12-8(5-7)6-17-10-13-4-2-9(16)14-10/h1-5H,6,11H2,(H,12,15)(H,13,14,16). The van der Waals surface area contributed by atoms with Gasteiger partial charge < -0.3 is 10.4 Å². The average molecular weight is 249 g/mol. The van der Waals surface area contributed by atoms with Crippen molar-refractivity contribution in [3.8, 4) is 0 Å². The first-order valence-corrected chi connectivity index (χ1v) is 5.86. The summed E-state index contributed by atoms with van der Waals surface area (Å²) in [6, 6.07) is 4.99. The maximum atomic E-state index is 11.1. The smallest absolute Gasteiger partial charge is 0.251 e. The molecule has 2 rings (SSSR count). The molecule has 6 nitrogen and oxygen atoms in total. The lowest BCUT2D eigenvalue weighted by molar-refractivity contribution is 0.935. The highest BCUT2D eigenvalue weighted by Gasteiger charge is 2.00. The third-order valence-electron chi connectivity index (χ3n) is 1.99. The zero-order valence-electron chi connectivity index (χ0n) is 8.88. The lowest BCUT2D eigenvalue weighted by atomic mass is 10.3. The van der Waals surface area contributed by atoms with Crippen LogP contribution in [0.4, 0.5) is 5.69 Å². The number of thioether (sulfide) groups is 1. The second-order valence-electron chi connectivity index (χ2n) is 3.21. The molecule has 0 aliphatic carbocycles. The molecule has 0 atom stereocenters. The fraction of sp³-hybridized carbons (Fsp3) is 0.100. The quantitative estimate of drug-likeness (QED) is 0.320. The predicted octanol–water partition coefficient (Wildman–Crippen LogP) is 0.743. The van der Waals surface area contributed by atoms with E-state index in [0.29, 0.717) is 10.9 Å². The first-order valence-electron chi connectivity index (χ1n) is 4.87. The van der Waals surface area contributed by atoms with Crippen LogP contribution in [0.3, 0.4) is 0 Å². The van der Waals surface area contributed by atoms with Crippen molar-refractivity contribution >= 4 is 17.4 Å². The number of pyridine rings is 1. The van der Waals surface area contributed by atoms with Crippen molar-refractivity contribution in [2.45, 2.75) is 10.9 Å². The number of rotatable bonds is 4. The highest BCUT2D eigenvalue weighted by Crippen LogP contribution is 2.17. The summed E-state index contributed by atoms with van der Waals surface area (Å²) in [6.07, 6.45) is 3.15. The Labute approximate surface area is 102 Å². The molecule has 17 heavy (non-hydrogen) atoms. The summed E-state index contributed by atoms with van der Waals surface area (Å²) >= 11 is 1.41. The molecule has 0 bridgehead atoms. The van der Waals surface area contributed by atoms with E-state index >= 15 is 0 Å². The molecular weight excluding hydrogens is 238 g/mol. The Bertz CT molecular complexity index is 556. The van der Waals surface area contributed by atoms with Gasteiger partial charge in [0.1, 0.15) is 0 Å². The molecule has 88 valence electrons. The molecule has 4 N–H and O–H groups in total. The van der Waals surface area contributed by atoms with Gasteiger partial charge in [0.05, 0.1) is 11.4 Å². The lowest BCUT2D eigenvalue weighted by Gasteiger charge is -2.03. The summed E-state index contributed by atoms with van der Waals surface area (Å²) in [5, 5.41) is 0.574. The van der Waals surface area contributed by atoms with Crippen molar-refractivity contribution < 1.29 is 0 Å². The van der Waals surface area contributed by atoms with E-state index in [0.717, 1.165) is 11.4 Å². The molecule has 0 radical (unpaired) electrons. The second-order valence-corrected chi connectivity index (χ2v) is 4.17. The number of aromatic amines is 1. The van der Waals surface area contributed by atoms with Gasteiger partial charge in [-0.05, 0) is 12.1 Å². The molecule has 7 heteroatoms. The van der Waals surface area contributed by atoms with Crippen LogP contribution >= 0.6 is 11.8 Å². The molecule has 0 amide bonds. The molecule has 0 spiro atoms. The van der Waals surface area contributed by atoms with Gasteiger partial charge in [-0.2, -0.15) is 0 Å². The Morgan fingerprint density at radius 3 is 2.94 bits per heavy atom. The molecule has 0 saturated carbocycles. The Morgan fingerprint density at radius 1 is 1.35 bits per heavy atom. The molecular formula is C10H11N5OS. The van der Waals surface area contributed by atoms with E-state index in [1.54, 1.807) is 12.3 Å². The highest BCUT2D eigenvalue weighted by atomic mass is 32.2. The number of nitrogens with one attached hydrogen (secondary N) is 2. The Morgan fingerprint density at radius 2 is 2.18 bits per heavy atom. The van der Waals surface area contributed by atoms with Gasteiger partial charge >= 0.3 is 0 Å². The Kier molecular flexibility index (Phi) is 3.73. The molecule has 2 aromatic rings. The summed E-state index contributed by atoms with van der Waals surface area (Å²) in [5.74, 6) is 5.91. The van der Waals surface area contributed by atoms with E-state index in [1.165, 1.54) is 24.0 Å². The highest BCUT2D eigenvalue weighted by molar-refractivity contribution is 7.98. The SMILES string of the molecule is NNc1ccnc(CSc2nccc(=O)[nH]2)c1. The molecule has 0 aliphatic rings. The predicted molar refractivity (Wildman–Crippen MR) is 66.5 cm³/mol. The fourth-order valence-electron chi connectivity index (χ4n) is 1.21. The van der Waals surface area contributed by atoms with Gasteiger partial charge in [0.2, 0.25) is 0 Å². The number of nitrogen functional groups attached to an aromatic ring is 1. The van der Waals surface area contributed by atoms with E-state index in [-0.39, 0.29) is 5.56 Å². The third-order valence-corrected chi connectivity index (χ3v) is 2.91. The van der Waals surface area contributed by atoms with Crippen molar-refractivity contribution in [1.82, 2.24) is 15.0 Å². The van der Waals surface area contributed by atoms with Crippen molar-refractivity contribution in [2.75, 3.05) is 5.43 Å². The van der Waals surface area contributed by atoms with E-state index in [9.17, 15) is 4.79 Å². The van der Waals surface area contributed by atoms with Crippen LogP contribution < -0.4 is 16.8 Å². The van der Waals surface area contributed by atoms with Crippen molar-refractivity contribution in [3.63, 3.8) is 0 Å². The van der Waals surface area contributed by atoms with E-state index in [2.05, 4.69) is 20.4 Å². The topological polar surface area (TPSA) is 96.7 Å². The number of hydrazine groups is 1.